The average molecular weight is 380 g/mol. The molecule has 0 bridgehead atoms. The molecule has 0 unspecified atom stereocenters. The van der Waals surface area contributed by atoms with Crippen molar-refractivity contribution in [1.82, 2.24) is 10.3 Å². The fraction of sp³-hybridized carbons (Fsp3) is 0.368. The predicted molar refractivity (Wildman–Crippen MR) is 92.6 cm³/mol. The molecule has 5 nitrogen and oxygen atoms in total. The van der Waals surface area contributed by atoms with Crippen LogP contribution in [0.4, 0.5) is 13.2 Å². The van der Waals surface area contributed by atoms with Gasteiger partial charge in [-0.05, 0) is 36.6 Å². The molecule has 1 fully saturated rings. The molecule has 2 heterocycles. The van der Waals surface area contributed by atoms with E-state index in [0.717, 1.165) is 12.1 Å². The molecule has 2 aromatic rings. The molecular formula is C19H19F3N2O3. The Morgan fingerprint density at radius 1 is 1.19 bits per heavy atom. The predicted octanol–water partition coefficient (Wildman–Crippen LogP) is 2.87. The number of rotatable bonds is 4. The first kappa shape index (κ1) is 19.2. The third-order valence-corrected chi connectivity index (χ3v) is 4.90. The lowest BCUT2D eigenvalue weighted by atomic mass is 9.73. The van der Waals surface area contributed by atoms with Crippen LogP contribution in [0.1, 0.15) is 34.3 Å². The molecule has 2 N–H and O–H groups in total. The van der Waals surface area contributed by atoms with Crippen molar-refractivity contribution in [2.24, 2.45) is 0 Å². The molecule has 1 amide bonds. The number of carbonyl (C=O) groups excluding carboxylic acids is 1. The first-order chi connectivity index (χ1) is 12.8. The molecule has 1 aliphatic heterocycles. The molecule has 0 aliphatic carbocycles. The van der Waals surface area contributed by atoms with Gasteiger partial charge in [0.2, 0.25) is 0 Å². The topological polar surface area (TPSA) is 71.2 Å². The summed E-state index contributed by atoms with van der Waals surface area (Å²) in [6.07, 6.45) is -2.08. The Labute approximate surface area is 153 Å². The van der Waals surface area contributed by atoms with Gasteiger partial charge in [-0.1, -0.05) is 18.2 Å². The fourth-order valence-electron chi connectivity index (χ4n) is 3.30. The van der Waals surface area contributed by atoms with Crippen LogP contribution in [0.5, 0.6) is 0 Å². The van der Waals surface area contributed by atoms with Crippen molar-refractivity contribution < 1.29 is 22.7 Å². The maximum Gasteiger partial charge on any atom is 0.416 e. The van der Waals surface area contributed by atoms with Crippen molar-refractivity contribution >= 4 is 5.91 Å². The molecule has 0 radical (unpaired) electrons. The molecule has 1 saturated heterocycles. The number of ether oxygens (including phenoxy) is 1. The molecule has 1 aromatic heterocycles. The lowest BCUT2D eigenvalue weighted by molar-refractivity contribution is -0.137. The second kappa shape index (κ2) is 7.56. The SMILES string of the molecule is O=C(NCC1(c2cccc(C(F)(F)F)c2)CCOCC1)c1ccc[nH]c1=O. The second-order valence-electron chi connectivity index (χ2n) is 6.57. The van der Waals surface area contributed by atoms with E-state index in [0.29, 0.717) is 31.6 Å². The minimum absolute atomic E-state index is 0.0382. The summed E-state index contributed by atoms with van der Waals surface area (Å²) >= 11 is 0. The van der Waals surface area contributed by atoms with Crippen molar-refractivity contribution in [2.75, 3.05) is 19.8 Å². The van der Waals surface area contributed by atoms with Gasteiger partial charge in [-0.15, -0.1) is 0 Å². The lowest BCUT2D eigenvalue weighted by Crippen LogP contribution is -2.45. The van der Waals surface area contributed by atoms with Gasteiger partial charge in [0, 0.05) is 31.4 Å². The third-order valence-electron chi connectivity index (χ3n) is 4.90. The zero-order valence-electron chi connectivity index (χ0n) is 14.4. The van der Waals surface area contributed by atoms with Gasteiger partial charge in [-0.25, -0.2) is 0 Å². The van der Waals surface area contributed by atoms with E-state index in [1.54, 1.807) is 6.07 Å². The molecule has 0 atom stereocenters. The zero-order valence-corrected chi connectivity index (χ0v) is 14.4. The second-order valence-corrected chi connectivity index (χ2v) is 6.57. The van der Waals surface area contributed by atoms with Gasteiger partial charge in [0.05, 0.1) is 5.56 Å². The first-order valence-corrected chi connectivity index (χ1v) is 8.53. The quantitative estimate of drug-likeness (QED) is 0.857. The number of hydrogen-bond acceptors (Lipinski definition) is 3. The van der Waals surface area contributed by atoms with Crippen LogP contribution in [0.3, 0.4) is 0 Å². The summed E-state index contributed by atoms with van der Waals surface area (Å²) in [4.78, 5) is 26.5. The molecule has 0 saturated carbocycles. The van der Waals surface area contributed by atoms with Crippen molar-refractivity contribution in [3.63, 3.8) is 0 Å². The number of pyridine rings is 1. The summed E-state index contributed by atoms with van der Waals surface area (Å²) in [5.41, 5.74) is -1.46. The van der Waals surface area contributed by atoms with E-state index in [1.807, 2.05) is 0 Å². The van der Waals surface area contributed by atoms with Crippen LogP contribution >= 0.6 is 0 Å². The van der Waals surface area contributed by atoms with Crippen LogP contribution in [-0.4, -0.2) is 30.6 Å². The maximum atomic E-state index is 13.1. The maximum absolute atomic E-state index is 13.1. The Kier molecular flexibility index (Phi) is 5.36. The van der Waals surface area contributed by atoms with Gasteiger partial charge >= 0.3 is 6.18 Å². The Morgan fingerprint density at radius 3 is 2.59 bits per heavy atom. The summed E-state index contributed by atoms with van der Waals surface area (Å²) in [6, 6.07) is 8.11. The molecule has 3 rings (SSSR count). The summed E-state index contributed by atoms with van der Waals surface area (Å²) in [7, 11) is 0. The first-order valence-electron chi connectivity index (χ1n) is 8.53. The van der Waals surface area contributed by atoms with Crippen molar-refractivity contribution in [3.05, 3.63) is 69.6 Å². The van der Waals surface area contributed by atoms with Gasteiger partial charge < -0.3 is 15.0 Å². The highest BCUT2D eigenvalue weighted by atomic mass is 19.4. The average Bonchev–Trinajstić information content (AvgIpc) is 2.67. The number of alkyl halides is 3. The summed E-state index contributed by atoms with van der Waals surface area (Å²) in [5, 5.41) is 2.71. The highest BCUT2D eigenvalue weighted by Crippen LogP contribution is 2.37. The Hall–Kier alpha value is -2.61. The normalized spacial score (nSPS) is 16.7. The van der Waals surface area contributed by atoms with Gasteiger partial charge in [0.15, 0.2) is 0 Å². The minimum atomic E-state index is -4.44. The summed E-state index contributed by atoms with van der Waals surface area (Å²) < 4.78 is 44.7. The van der Waals surface area contributed by atoms with E-state index in [-0.39, 0.29) is 12.1 Å². The van der Waals surface area contributed by atoms with Crippen LogP contribution in [0.2, 0.25) is 0 Å². The number of H-pyrrole nitrogens is 1. The fourth-order valence-corrected chi connectivity index (χ4v) is 3.30. The van der Waals surface area contributed by atoms with E-state index >= 15 is 0 Å². The van der Waals surface area contributed by atoms with Crippen LogP contribution in [0.25, 0.3) is 0 Å². The lowest BCUT2D eigenvalue weighted by Gasteiger charge is -2.38. The molecule has 1 aromatic carbocycles. The van der Waals surface area contributed by atoms with Crippen LogP contribution in [0.15, 0.2) is 47.4 Å². The summed E-state index contributed by atoms with van der Waals surface area (Å²) in [6.45, 7) is 0.890. The largest absolute Gasteiger partial charge is 0.416 e. The third kappa shape index (κ3) is 4.21. The number of nitrogens with one attached hydrogen (secondary N) is 2. The molecular weight excluding hydrogens is 361 g/mol. The van der Waals surface area contributed by atoms with Crippen LogP contribution in [-0.2, 0) is 16.3 Å². The van der Waals surface area contributed by atoms with E-state index in [4.69, 9.17) is 4.74 Å². The zero-order chi connectivity index (χ0) is 19.5. The number of carbonyl (C=O) groups is 1. The Morgan fingerprint density at radius 2 is 1.93 bits per heavy atom. The highest BCUT2D eigenvalue weighted by molar-refractivity contribution is 5.93. The van der Waals surface area contributed by atoms with E-state index < -0.39 is 28.6 Å². The molecule has 1 aliphatic rings. The van der Waals surface area contributed by atoms with Crippen molar-refractivity contribution in [1.29, 1.82) is 0 Å². The minimum Gasteiger partial charge on any atom is -0.381 e. The monoisotopic (exact) mass is 380 g/mol. The highest BCUT2D eigenvalue weighted by Gasteiger charge is 2.37. The molecule has 0 spiro atoms. The Balaban J connectivity index is 1.87. The molecule has 8 heteroatoms. The number of amides is 1. The van der Waals surface area contributed by atoms with E-state index in [1.165, 1.54) is 24.4 Å². The van der Waals surface area contributed by atoms with E-state index in [9.17, 15) is 22.8 Å². The van der Waals surface area contributed by atoms with Gasteiger partial charge in [-0.2, -0.15) is 13.2 Å². The van der Waals surface area contributed by atoms with E-state index in [2.05, 4.69) is 10.3 Å². The number of benzene rings is 1. The van der Waals surface area contributed by atoms with Gasteiger partial charge in [0.25, 0.3) is 11.5 Å². The number of hydrogen-bond donors (Lipinski definition) is 2. The van der Waals surface area contributed by atoms with Gasteiger partial charge in [-0.3, -0.25) is 9.59 Å². The Bertz CT molecular complexity index is 871. The standard InChI is InChI=1S/C19H19F3N2O3/c20-19(21,22)14-4-1-3-13(11-14)18(6-9-27-10-7-18)12-24-17(26)15-5-2-8-23-16(15)25/h1-5,8,11H,6-7,9-10,12H2,(H,23,25)(H,24,26). The number of aromatic nitrogens is 1. The van der Waals surface area contributed by atoms with Crippen LogP contribution < -0.4 is 10.9 Å². The smallest absolute Gasteiger partial charge is 0.381 e. The van der Waals surface area contributed by atoms with Crippen LogP contribution in [0, 0.1) is 0 Å². The van der Waals surface area contributed by atoms with Crippen molar-refractivity contribution in [3.8, 4) is 0 Å². The van der Waals surface area contributed by atoms with Crippen molar-refractivity contribution in [2.45, 2.75) is 24.4 Å². The molecule has 144 valence electrons. The van der Waals surface area contributed by atoms with Gasteiger partial charge in [0.1, 0.15) is 5.56 Å². The number of halogens is 3. The number of aromatic amines is 1. The molecule has 27 heavy (non-hydrogen) atoms. The summed E-state index contributed by atoms with van der Waals surface area (Å²) in [5.74, 6) is -0.560.